The van der Waals surface area contributed by atoms with E-state index in [0.717, 1.165) is 89.9 Å². The van der Waals surface area contributed by atoms with Crippen LogP contribution in [-0.4, -0.2) is 37.2 Å². The van der Waals surface area contributed by atoms with Gasteiger partial charge in [0.2, 0.25) is 0 Å². The Morgan fingerprint density at radius 3 is 0.707 bits per heavy atom. The first kappa shape index (κ1) is 79.1. The molecule has 0 amide bonds. The third-order valence-electron chi connectivity index (χ3n) is 16.2. The fourth-order valence-corrected chi connectivity index (χ4v) is 10.8. The molecule has 0 heterocycles. The van der Waals surface area contributed by atoms with E-state index in [2.05, 4.69) is 81.5 Å². The fourth-order valence-electron chi connectivity index (χ4n) is 10.8. The molecule has 1 unspecified atom stereocenters. The summed E-state index contributed by atoms with van der Waals surface area (Å²) < 4.78 is 17.0. The summed E-state index contributed by atoms with van der Waals surface area (Å²) in [5.74, 6) is -0.866. The minimum Gasteiger partial charge on any atom is -0.462 e. The van der Waals surface area contributed by atoms with Crippen LogP contribution in [0.1, 0.15) is 387 Å². The van der Waals surface area contributed by atoms with Gasteiger partial charge >= 0.3 is 17.9 Å². The summed E-state index contributed by atoms with van der Waals surface area (Å²) in [6, 6.07) is 0. The highest BCUT2D eigenvalue weighted by atomic mass is 16.6. The van der Waals surface area contributed by atoms with Crippen LogP contribution in [0.25, 0.3) is 0 Å². The highest BCUT2D eigenvalue weighted by Crippen LogP contribution is 2.18. The third kappa shape index (κ3) is 67.9. The van der Waals surface area contributed by atoms with E-state index < -0.39 is 6.10 Å². The summed E-state index contributed by atoms with van der Waals surface area (Å²) >= 11 is 0. The molecule has 0 saturated carbocycles. The molecule has 0 aromatic rings. The van der Waals surface area contributed by atoms with Crippen molar-refractivity contribution >= 4 is 17.9 Å². The summed E-state index contributed by atoms with van der Waals surface area (Å²) in [6.45, 7) is 6.66. The van der Waals surface area contributed by atoms with E-state index in [-0.39, 0.29) is 31.1 Å². The average Bonchev–Trinajstić information content (AvgIpc) is 3.48. The van der Waals surface area contributed by atoms with Crippen molar-refractivity contribution in [3.63, 3.8) is 0 Å². The summed E-state index contributed by atoms with van der Waals surface area (Å²) in [5, 5.41) is 0. The van der Waals surface area contributed by atoms with Crippen LogP contribution >= 0.6 is 0 Å². The van der Waals surface area contributed by atoms with Crippen LogP contribution in [0.3, 0.4) is 0 Å². The molecule has 0 rings (SSSR count). The molecule has 82 heavy (non-hydrogen) atoms. The molecule has 0 fully saturated rings. The molecular weight excluding hydrogens is 1010 g/mol. The molecule has 0 aliphatic rings. The van der Waals surface area contributed by atoms with Crippen LogP contribution in [0.5, 0.6) is 0 Å². The SMILES string of the molecule is CCCCC/C=C\C/C=C\CCCCCCCC(=O)OCC(COC(=O)CCCCCCCCCCCCCC/C=C\C/C=C\C/C=C\CCCCCCC)OC(=O)CCCCCCCCCCCCCCCCCCCCCCCC. The number of allylic oxidation sites excluding steroid dienone is 10. The quantitative estimate of drug-likeness (QED) is 0.0261. The molecule has 478 valence electrons. The molecule has 6 nitrogen and oxygen atoms in total. The second kappa shape index (κ2) is 70.6. The van der Waals surface area contributed by atoms with E-state index in [0.29, 0.717) is 19.3 Å². The normalized spacial score (nSPS) is 12.4. The zero-order valence-electron chi connectivity index (χ0n) is 55.0. The monoisotopic (exact) mass is 1150 g/mol. The van der Waals surface area contributed by atoms with E-state index in [9.17, 15) is 14.4 Å². The lowest BCUT2D eigenvalue weighted by Crippen LogP contribution is -2.30. The van der Waals surface area contributed by atoms with Gasteiger partial charge in [0.25, 0.3) is 0 Å². The Balaban J connectivity index is 4.28. The zero-order chi connectivity index (χ0) is 59.2. The predicted molar refractivity (Wildman–Crippen MR) is 358 cm³/mol. The Labute approximate surface area is 510 Å². The summed E-state index contributed by atoms with van der Waals surface area (Å²) in [7, 11) is 0. The van der Waals surface area contributed by atoms with E-state index in [4.69, 9.17) is 14.2 Å². The zero-order valence-corrected chi connectivity index (χ0v) is 55.0. The number of hydrogen-bond donors (Lipinski definition) is 0. The lowest BCUT2D eigenvalue weighted by atomic mass is 10.0. The van der Waals surface area contributed by atoms with Crippen LogP contribution in [-0.2, 0) is 28.6 Å². The van der Waals surface area contributed by atoms with Crippen molar-refractivity contribution in [2.24, 2.45) is 0 Å². The molecule has 0 N–H and O–H groups in total. The van der Waals surface area contributed by atoms with E-state index in [1.54, 1.807) is 0 Å². The topological polar surface area (TPSA) is 78.9 Å². The van der Waals surface area contributed by atoms with Crippen molar-refractivity contribution in [2.75, 3.05) is 13.2 Å². The van der Waals surface area contributed by atoms with Gasteiger partial charge in [-0.2, -0.15) is 0 Å². The molecule has 0 saturated heterocycles. The maximum atomic E-state index is 13.0. The van der Waals surface area contributed by atoms with Gasteiger partial charge in [-0.05, 0) is 89.9 Å². The minimum absolute atomic E-state index is 0.0758. The van der Waals surface area contributed by atoms with Crippen LogP contribution in [0.2, 0.25) is 0 Å². The number of unbranched alkanes of at least 4 members (excludes halogenated alkanes) is 46. The second-order valence-electron chi connectivity index (χ2n) is 24.5. The fraction of sp³-hybridized carbons (Fsp3) is 0.829. The minimum atomic E-state index is -0.781. The van der Waals surface area contributed by atoms with Gasteiger partial charge in [0.15, 0.2) is 6.10 Å². The maximum absolute atomic E-state index is 13.0. The van der Waals surface area contributed by atoms with Crippen LogP contribution in [0, 0.1) is 0 Å². The van der Waals surface area contributed by atoms with Gasteiger partial charge in [-0.15, -0.1) is 0 Å². The molecule has 0 aromatic carbocycles. The van der Waals surface area contributed by atoms with Gasteiger partial charge in [0.05, 0.1) is 0 Å². The summed E-state index contributed by atoms with van der Waals surface area (Å²) in [5.41, 5.74) is 0. The van der Waals surface area contributed by atoms with Crippen molar-refractivity contribution in [1.82, 2.24) is 0 Å². The van der Waals surface area contributed by atoms with Crippen LogP contribution in [0.4, 0.5) is 0 Å². The molecule has 1 atom stereocenters. The first-order valence-corrected chi connectivity index (χ1v) is 36.3. The molecule has 0 bridgehead atoms. The Hall–Kier alpha value is -2.89. The molecule has 0 radical (unpaired) electrons. The molecule has 0 aliphatic carbocycles. The first-order valence-electron chi connectivity index (χ1n) is 36.3. The Bertz CT molecular complexity index is 1460. The van der Waals surface area contributed by atoms with Gasteiger partial charge in [0, 0.05) is 19.3 Å². The van der Waals surface area contributed by atoms with E-state index in [1.165, 1.54) is 257 Å². The van der Waals surface area contributed by atoms with Crippen molar-refractivity contribution < 1.29 is 28.6 Å². The van der Waals surface area contributed by atoms with E-state index >= 15 is 0 Å². The molecule has 0 aromatic heterocycles. The van der Waals surface area contributed by atoms with Gasteiger partial charge in [-0.25, -0.2) is 0 Å². The number of carbonyl (C=O) groups is 3. The smallest absolute Gasteiger partial charge is 0.306 e. The summed E-state index contributed by atoms with van der Waals surface area (Å²) in [4.78, 5) is 38.5. The molecule has 6 heteroatoms. The van der Waals surface area contributed by atoms with Crippen LogP contribution < -0.4 is 0 Å². The van der Waals surface area contributed by atoms with Crippen molar-refractivity contribution in [2.45, 2.75) is 393 Å². The first-order chi connectivity index (χ1) is 40.5. The number of carbonyl (C=O) groups excluding carboxylic acids is 3. The number of rotatable bonds is 67. The Kier molecular flexibility index (Phi) is 68.1. The maximum Gasteiger partial charge on any atom is 0.306 e. The third-order valence-corrected chi connectivity index (χ3v) is 16.2. The average molecular weight is 1150 g/mol. The number of ether oxygens (including phenoxy) is 3. The van der Waals surface area contributed by atoms with Gasteiger partial charge in [0.1, 0.15) is 13.2 Å². The van der Waals surface area contributed by atoms with Gasteiger partial charge < -0.3 is 14.2 Å². The Morgan fingerprint density at radius 2 is 0.439 bits per heavy atom. The standard InChI is InChI=1S/C76H138O6/c1-4-7-10-13-16-19-22-25-28-30-32-34-36-37-38-39-40-42-43-45-48-51-54-57-60-63-66-69-75(78)81-72-73(71-80-74(77)68-65-62-59-56-53-50-47-27-24-21-18-15-12-9-6-3)82-76(79)70-67-64-61-58-55-52-49-46-44-41-35-33-31-29-26-23-20-17-14-11-8-5-2/h18,21-22,25,27,30,32,36-37,47,73H,4-17,19-20,23-24,26,28-29,31,33-35,38-46,48-72H2,1-3H3/b21-18-,25-22-,32-30-,37-36-,47-27-. The molecule has 0 aliphatic heterocycles. The van der Waals surface area contributed by atoms with Crippen molar-refractivity contribution in [3.05, 3.63) is 60.8 Å². The van der Waals surface area contributed by atoms with Crippen LogP contribution in [0.15, 0.2) is 60.8 Å². The predicted octanol–water partition coefficient (Wildman–Crippen LogP) is 25.1. The van der Waals surface area contributed by atoms with Gasteiger partial charge in [-0.3, -0.25) is 14.4 Å². The van der Waals surface area contributed by atoms with Gasteiger partial charge in [-0.1, -0.05) is 338 Å². The highest BCUT2D eigenvalue weighted by molar-refractivity contribution is 5.71. The number of hydrogen-bond acceptors (Lipinski definition) is 6. The van der Waals surface area contributed by atoms with Crippen molar-refractivity contribution in [3.8, 4) is 0 Å². The van der Waals surface area contributed by atoms with E-state index in [1.807, 2.05) is 0 Å². The lowest BCUT2D eigenvalue weighted by molar-refractivity contribution is -0.167. The lowest BCUT2D eigenvalue weighted by Gasteiger charge is -2.18. The largest absolute Gasteiger partial charge is 0.462 e. The van der Waals surface area contributed by atoms with Crippen molar-refractivity contribution in [1.29, 1.82) is 0 Å². The Morgan fingerprint density at radius 1 is 0.244 bits per heavy atom. The second-order valence-corrected chi connectivity index (χ2v) is 24.5. The highest BCUT2D eigenvalue weighted by Gasteiger charge is 2.19. The molecular formula is C76H138O6. The molecule has 0 spiro atoms. The number of esters is 3. The summed E-state index contributed by atoms with van der Waals surface area (Å²) in [6.07, 6.45) is 91.1.